The summed E-state index contributed by atoms with van der Waals surface area (Å²) in [7, 11) is 0. The highest BCUT2D eigenvalue weighted by Gasteiger charge is 2.32. The molecule has 0 bridgehead atoms. The molecule has 2 heterocycles. The van der Waals surface area contributed by atoms with Crippen LogP contribution < -0.4 is 0 Å². The molecular weight excluding hydrogens is 298 g/mol. The van der Waals surface area contributed by atoms with Gasteiger partial charge in [-0.25, -0.2) is 0 Å². The van der Waals surface area contributed by atoms with E-state index in [0.29, 0.717) is 38.8 Å². The van der Waals surface area contributed by atoms with Gasteiger partial charge < -0.3 is 9.80 Å². The van der Waals surface area contributed by atoms with Crippen LogP contribution in [0.4, 0.5) is 0 Å². The van der Waals surface area contributed by atoms with Crippen molar-refractivity contribution in [2.75, 3.05) is 32.7 Å². The summed E-state index contributed by atoms with van der Waals surface area (Å²) >= 11 is 1.75. The van der Waals surface area contributed by atoms with Gasteiger partial charge in [-0.05, 0) is 24.3 Å². The Balaban J connectivity index is 1.52. The van der Waals surface area contributed by atoms with Crippen molar-refractivity contribution in [1.29, 1.82) is 0 Å². The lowest BCUT2D eigenvalue weighted by atomic mass is 10.3. The van der Waals surface area contributed by atoms with Crippen LogP contribution >= 0.6 is 11.3 Å². The standard InChI is InChI=1S/C16H23N3O2S/c1-13(20)17-6-8-18(9-7-17)16(21)12-19(14-4-5-14)11-15-3-2-10-22-15/h2-3,10,14H,4-9,11-12H2,1H3. The van der Waals surface area contributed by atoms with E-state index in [2.05, 4.69) is 22.4 Å². The van der Waals surface area contributed by atoms with Crippen molar-refractivity contribution in [3.05, 3.63) is 22.4 Å². The monoisotopic (exact) mass is 321 g/mol. The van der Waals surface area contributed by atoms with Crippen LogP contribution in [-0.2, 0) is 16.1 Å². The summed E-state index contributed by atoms with van der Waals surface area (Å²) in [5, 5.41) is 2.09. The van der Waals surface area contributed by atoms with Crippen molar-refractivity contribution in [3.63, 3.8) is 0 Å². The number of thiophene rings is 1. The van der Waals surface area contributed by atoms with E-state index in [9.17, 15) is 9.59 Å². The van der Waals surface area contributed by atoms with Crippen molar-refractivity contribution in [2.45, 2.75) is 32.4 Å². The molecule has 120 valence electrons. The molecule has 0 atom stereocenters. The van der Waals surface area contributed by atoms with Gasteiger partial charge in [-0.3, -0.25) is 14.5 Å². The molecule has 1 saturated heterocycles. The van der Waals surface area contributed by atoms with Gasteiger partial charge in [-0.2, -0.15) is 0 Å². The summed E-state index contributed by atoms with van der Waals surface area (Å²) in [5.74, 6) is 0.302. The van der Waals surface area contributed by atoms with Crippen molar-refractivity contribution in [1.82, 2.24) is 14.7 Å². The van der Waals surface area contributed by atoms with Crippen LogP contribution in [0.5, 0.6) is 0 Å². The van der Waals surface area contributed by atoms with Crippen LogP contribution in [0, 0.1) is 0 Å². The fourth-order valence-corrected chi connectivity index (χ4v) is 3.63. The molecule has 0 radical (unpaired) electrons. The van der Waals surface area contributed by atoms with Gasteiger partial charge in [0.1, 0.15) is 0 Å². The lowest BCUT2D eigenvalue weighted by molar-refractivity contribution is -0.139. The molecule has 22 heavy (non-hydrogen) atoms. The minimum absolute atomic E-state index is 0.101. The molecule has 3 rings (SSSR count). The van der Waals surface area contributed by atoms with Crippen LogP contribution in [0.1, 0.15) is 24.6 Å². The predicted octanol–water partition coefficient (Wildman–Crippen LogP) is 1.40. The van der Waals surface area contributed by atoms with Gasteiger partial charge in [0.25, 0.3) is 0 Å². The predicted molar refractivity (Wildman–Crippen MR) is 86.6 cm³/mol. The lowest BCUT2D eigenvalue weighted by Crippen LogP contribution is -2.52. The van der Waals surface area contributed by atoms with E-state index in [1.54, 1.807) is 18.3 Å². The van der Waals surface area contributed by atoms with Gasteiger partial charge in [0.05, 0.1) is 6.54 Å². The highest BCUT2D eigenvalue weighted by atomic mass is 32.1. The smallest absolute Gasteiger partial charge is 0.236 e. The second kappa shape index (κ2) is 6.79. The maximum Gasteiger partial charge on any atom is 0.236 e. The number of rotatable bonds is 5. The average Bonchev–Trinajstić information content (AvgIpc) is 3.24. The number of carbonyl (C=O) groups is 2. The molecule has 1 saturated carbocycles. The molecule has 0 spiro atoms. The van der Waals surface area contributed by atoms with Crippen molar-refractivity contribution < 1.29 is 9.59 Å². The number of piperazine rings is 1. The Hall–Kier alpha value is -1.40. The largest absolute Gasteiger partial charge is 0.339 e. The molecule has 1 aromatic heterocycles. The Morgan fingerprint density at radius 1 is 1.23 bits per heavy atom. The van der Waals surface area contributed by atoms with E-state index >= 15 is 0 Å². The first-order valence-electron chi connectivity index (χ1n) is 7.93. The van der Waals surface area contributed by atoms with Crippen molar-refractivity contribution in [3.8, 4) is 0 Å². The molecule has 0 unspecified atom stereocenters. The molecule has 2 amide bonds. The summed E-state index contributed by atoms with van der Waals surface area (Å²) in [6.07, 6.45) is 2.41. The van der Waals surface area contributed by atoms with Gasteiger partial charge in [0.2, 0.25) is 11.8 Å². The molecule has 6 heteroatoms. The van der Waals surface area contributed by atoms with E-state index in [-0.39, 0.29) is 11.8 Å². The molecule has 0 N–H and O–H groups in total. The van der Waals surface area contributed by atoms with E-state index < -0.39 is 0 Å². The Bertz CT molecular complexity index is 520. The third-order valence-electron chi connectivity index (χ3n) is 4.42. The Kier molecular flexibility index (Phi) is 4.78. The zero-order valence-electron chi connectivity index (χ0n) is 13.0. The molecule has 1 aliphatic carbocycles. The van der Waals surface area contributed by atoms with Crippen LogP contribution in [0.15, 0.2) is 17.5 Å². The molecule has 1 aliphatic heterocycles. The Labute approximate surface area is 135 Å². The first-order chi connectivity index (χ1) is 10.6. The van der Waals surface area contributed by atoms with Gasteiger partial charge >= 0.3 is 0 Å². The number of carbonyl (C=O) groups excluding carboxylic acids is 2. The van der Waals surface area contributed by atoms with Gasteiger partial charge in [-0.15, -0.1) is 11.3 Å². The molecule has 2 fully saturated rings. The first-order valence-corrected chi connectivity index (χ1v) is 8.81. The van der Waals surface area contributed by atoms with E-state index in [1.165, 1.54) is 17.7 Å². The van der Waals surface area contributed by atoms with Crippen LogP contribution in [-0.4, -0.2) is 65.3 Å². The van der Waals surface area contributed by atoms with Crippen molar-refractivity contribution >= 4 is 23.2 Å². The zero-order valence-corrected chi connectivity index (χ0v) is 13.8. The maximum absolute atomic E-state index is 12.5. The molecule has 2 aliphatic rings. The highest BCUT2D eigenvalue weighted by molar-refractivity contribution is 7.09. The summed E-state index contributed by atoms with van der Waals surface area (Å²) in [4.78, 5) is 31.2. The third kappa shape index (κ3) is 3.87. The second-order valence-electron chi connectivity index (χ2n) is 6.10. The molecule has 1 aromatic rings. The van der Waals surface area contributed by atoms with Gasteiger partial charge in [-0.1, -0.05) is 6.07 Å². The lowest BCUT2D eigenvalue weighted by Gasteiger charge is -2.35. The summed E-state index contributed by atoms with van der Waals surface area (Å²) in [5.41, 5.74) is 0. The van der Waals surface area contributed by atoms with Gasteiger partial charge in [0, 0.05) is 50.6 Å². The fraction of sp³-hybridized carbons (Fsp3) is 0.625. The van der Waals surface area contributed by atoms with E-state index in [0.717, 1.165) is 6.54 Å². The molecule has 5 nitrogen and oxygen atoms in total. The maximum atomic E-state index is 12.5. The fourth-order valence-electron chi connectivity index (χ4n) is 2.90. The SMILES string of the molecule is CC(=O)N1CCN(C(=O)CN(Cc2cccs2)C2CC2)CC1. The number of hydrogen-bond donors (Lipinski definition) is 0. The zero-order chi connectivity index (χ0) is 15.5. The summed E-state index contributed by atoms with van der Waals surface area (Å²) in [6.45, 7) is 5.62. The van der Waals surface area contributed by atoms with Crippen LogP contribution in [0.2, 0.25) is 0 Å². The first kappa shape index (κ1) is 15.5. The Morgan fingerprint density at radius 3 is 2.45 bits per heavy atom. The number of hydrogen-bond acceptors (Lipinski definition) is 4. The van der Waals surface area contributed by atoms with Crippen molar-refractivity contribution in [2.24, 2.45) is 0 Å². The Morgan fingerprint density at radius 2 is 1.91 bits per heavy atom. The third-order valence-corrected chi connectivity index (χ3v) is 5.28. The second-order valence-corrected chi connectivity index (χ2v) is 7.13. The van der Waals surface area contributed by atoms with Gasteiger partial charge in [0.15, 0.2) is 0 Å². The highest BCUT2D eigenvalue weighted by Crippen LogP contribution is 2.29. The van der Waals surface area contributed by atoms with E-state index in [1.807, 2.05) is 9.80 Å². The van der Waals surface area contributed by atoms with E-state index in [4.69, 9.17) is 0 Å². The topological polar surface area (TPSA) is 43.9 Å². The van der Waals surface area contributed by atoms with Crippen LogP contribution in [0.3, 0.4) is 0 Å². The molecule has 0 aromatic carbocycles. The minimum atomic E-state index is 0.101. The summed E-state index contributed by atoms with van der Waals surface area (Å²) < 4.78 is 0. The summed E-state index contributed by atoms with van der Waals surface area (Å²) in [6, 6.07) is 4.77. The van der Waals surface area contributed by atoms with Crippen LogP contribution in [0.25, 0.3) is 0 Å². The number of nitrogens with zero attached hydrogens (tertiary/aromatic N) is 3. The average molecular weight is 321 g/mol. The molecular formula is C16H23N3O2S. The quantitative estimate of drug-likeness (QED) is 0.823. The minimum Gasteiger partial charge on any atom is -0.339 e. The normalized spacial score (nSPS) is 18.8. The number of amides is 2.